The van der Waals surface area contributed by atoms with E-state index in [1.165, 1.54) is 24.3 Å². The van der Waals surface area contributed by atoms with Crippen molar-refractivity contribution in [3.05, 3.63) is 65.2 Å². The molecule has 0 aliphatic carbocycles. The summed E-state index contributed by atoms with van der Waals surface area (Å²) in [5.41, 5.74) is 4.47. The summed E-state index contributed by atoms with van der Waals surface area (Å²) in [5.74, 6) is -3.41. The zero-order valence-electron chi connectivity index (χ0n) is 19.5. The van der Waals surface area contributed by atoms with Gasteiger partial charge in [0, 0.05) is 17.7 Å². The molecule has 0 saturated carbocycles. The van der Waals surface area contributed by atoms with Gasteiger partial charge in [0.15, 0.2) is 6.61 Å². The highest BCUT2D eigenvalue weighted by Gasteiger charge is 2.36. The fourth-order valence-electron chi connectivity index (χ4n) is 3.40. The van der Waals surface area contributed by atoms with Gasteiger partial charge in [0.1, 0.15) is 0 Å². The predicted octanol–water partition coefficient (Wildman–Crippen LogP) is 2.24. The molecule has 0 radical (unpaired) electrons. The molecule has 1 atom stereocenters. The highest BCUT2D eigenvalue weighted by Crippen LogP contribution is 2.18. The number of ether oxygens (including phenoxy) is 2. The number of rotatable bonds is 9. The van der Waals surface area contributed by atoms with E-state index in [9.17, 15) is 24.0 Å². The van der Waals surface area contributed by atoms with Crippen molar-refractivity contribution in [2.45, 2.75) is 26.7 Å². The van der Waals surface area contributed by atoms with Crippen LogP contribution in [0, 0.1) is 12.8 Å². The molecule has 3 rings (SSSR count). The number of anilines is 1. The van der Waals surface area contributed by atoms with Gasteiger partial charge in [0.05, 0.1) is 24.6 Å². The van der Waals surface area contributed by atoms with E-state index in [0.717, 1.165) is 10.6 Å². The number of hydrazine groups is 1. The van der Waals surface area contributed by atoms with E-state index in [2.05, 4.69) is 10.7 Å². The predicted molar refractivity (Wildman–Crippen MR) is 125 cm³/mol. The summed E-state index contributed by atoms with van der Waals surface area (Å²) in [6.45, 7) is 3.41. The van der Waals surface area contributed by atoms with Gasteiger partial charge in [-0.3, -0.25) is 29.6 Å². The monoisotopic (exact) mass is 481 g/mol. The maximum atomic E-state index is 12.4. The molecule has 2 aromatic rings. The lowest BCUT2D eigenvalue weighted by atomic mass is 10.1. The lowest BCUT2D eigenvalue weighted by Gasteiger charge is -2.18. The lowest BCUT2D eigenvalue weighted by Crippen LogP contribution is -2.43. The van der Waals surface area contributed by atoms with E-state index in [-0.39, 0.29) is 13.0 Å². The van der Waals surface area contributed by atoms with Crippen LogP contribution < -0.4 is 10.7 Å². The van der Waals surface area contributed by atoms with Crippen LogP contribution in [0.4, 0.5) is 5.69 Å². The summed E-state index contributed by atoms with van der Waals surface area (Å²) in [5, 5.41) is 3.65. The lowest BCUT2D eigenvalue weighted by molar-refractivity contribution is -0.151. The molecule has 184 valence electrons. The molecule has 2 aromatic carbocycles. The largest absolute Gasteiger partial charge is 0.462 e. The molecule has 0 spiro atoms. The van der Waals surface area contributed by atoms with Gasteiger partial charge in [-0.15, -0.1) is 0 Å². The van der Waals surface area contributed by atoms with Crippen molar-refractivity contribution < 1.29 is 33.4 Å². The molecule has 0 aromatic heterocycles. The summed E-state index contributed by atoms with van der Waals surface area (Å²) in [4.78, 5) is 61.0. The third-order valence-corrected chi connectivity index (χ3v) is 5.27. The zero-order chi connectivity index (χ0) is 25.4. The molecule has 1 fully saturated rings. The smallest absolute Gasteiger partial charge is 0.338 e. The van der Waals surface area contributed by atoms with Crippen LogP contribution in [-0.2, 0) is 23.9 Å². The first kappa shape index (κ1) is 25.4. The Morgan fingerprint density at radius 2 is 1.74 bits per heavy atom. The molecular formula is C25H27N3O7. The van der Waals surface area contributed by atoms with E-state index >= 15 is 0 Å². The second-order valence-corrected chi connectivity index (χ2v) is 8.03. The van der Waals surface area contributed by atoms with Crippen LogP contribution in [0.3, 0.4) is 0 Å². The minimum absolute atomic E-state index is 0.0491. The molecule has 1 aliphatic rings. The molecule has 3 amide bonds. The number of carbonyl (C=O) groups excluding carboxylic acids is 5. The Morgan fingerprint density at radius 1 is 1.03 bits per heavy atom. The Balaban J connectivity index is 1.45. The van der Waals surface area contributed by atoms with Gasteiger partial charge < -0.3 is 14.8 Å². The van der Waals surface area contributed by atoms with Gasteiger partial charge in [0.2, 0.25) is 5.91 Å². The first-order valence-electron chi connectivity index (χ1n) is 11.2. The van der Waals surface area contributed by atoms with Crippen molar-refractivity contribution in [2.75, 3.05) is 25.1 Å². The van der Waals surface area contributed by atoms with Gasteiger partial charge >= 0.3 is 11.9 Å². The minimum Gasteiger partial charge on any atom is -0.462 e. The Hall–Kier alpha value is -4.21. The van der Waals surface area contributed by atoms with Crippen LogP contribution >= 0.6 is 0 Å². The highest BCUT2D eigenvalue weighted by molar-refractivity contribution is 5.98. The molecule has 10 nitrogen and oxygen atoms in total. The van der Waals surface area contributed by atoms with E-state index in [0.29, 0.717) is 29.8 Å². The number of benzene rings is 2. The molecule has 1 heterocycles. The average molecular weight is 482 g/mol. The summed E-state index contributed by atoms with van der Waals surface area (Å²) in [7, 11) is 0. The molecule has 2 N–H and O–H groups in total. The quantitative estimate of drug-likeness (QED) is 0.525. The second-order valence-electron chi connectivity index (χ2n) is 8.03. The first-order valence-corrected chi connectivity index (χ1v) is 11.2. The summed E-state index contributed by atoms with van der Waals surface area (Å²) in [6, 6.07) is 13.0. The van der Waals surface area contributed by atoms with Crippen molar-refractivity contribution in [1.29, 1.82) is 0 Å². The number of nitrogens with one attached hydrogen (secondary N) is 2. The maximum Gasteiger partial charge on any atom is 0.338 e. The Morgan fingerprint density at radius 3 is 2.43 bits per heavy atom. The van der Waals surface area contributed by atoms with E-state index in [1.807, 2.05) is 6.92 Å². The van der Waals surface area contributed by atoms with Gasteiger partial charge in [-0.2, -0.15) is 0 Å². The number of esters is 2. The van der Waals surface area contributed by atoms with Crippen molar-refractivity contribution in [3.8, 4) is 0 Å². The van der Waals surface area contributed by atoms with Gasteiger partial charge in [-0.05, 0) is 49.2 Å². The number of nitrogens with zero attached hydrogens (tertiary/aromatic N) is 1. The van der Waals surface area contributed by atoms with Crippen molar-refractivity contribution >= 4 is 35.3 Å². The Labute approximate surface area is 202 Å². The van der Waals surface area contributed by atoms with E-state index in [1.54, 1.807) is 31.2 Å². The van der Waals surface area contributed by atoms with Gasteiger partial charge in [0.25, 0.3) is 11.8 Å². The van der Waals surface area contributed by atoms with Crippen LogP contribution in [0.1, 0.15) is 46.0 Å². The molecule has 1 aliphatic heterocycles. The molecule has 0 bridgehead atoms. The second kappa shape index (κ2) is 11.8. The highest BCUT2D eigenvalue weighted by atomic mass is 16.5. The molecule has 10 heteroatoms. The third-order valence-electron chi connectivity index (χ3n) is 5.27. The van der Waals surface area contributed by atoms with Crippen LogP contribution in [0.15, 0.2) is 48.5 Å². The standard InChI is InChI=1S/C25H27N3O7/c1-3-12-34-24(32)17-8-10-19(11-9-17)26-21(29)15-35-25(33)18-13-22(30)28(14-18)27-23(31)20-7-5-4-6-16(20)2/h4-11,18H,3,12-15H2,1-2H3,(H,26,29)(H,27,31)/t18-/m1/s1. The Kier molecular flexibility index (Phi) is 8.55. The fourth-order valence-corrected chi connectivity index (χ4v) is 3.40. The number of hydrogen-bond donors (Lipinski definition) is 2. The zero-order valence-corrected chi connectivity index (χ0v) is 19.5. The molecular weight excluding hydrogens is 454 g/mol. The maximum absolute atomic E-state index is 12.4. The molecule has 1 saturated heterocycles. The summed E-state index contributed by atoms with van der Waals surface area (Å²) < 4.78 is 10.1. The summed E-state index contributed by atoms with van der Waals surface area (Å²) in [6.07, 6.45) is 0.581. The van der Waals surface area contributed by atoms with E-state index in [4.69, 9.17) is 9.47 Å². The van der Waals surface area contributed by atoms with Crippen LogP contribution in [0.25, 0.3) is 0 Å². The summed E-state index contributed by atoms with van der Waals surface area (Å²) >= 11 is 0. The van der Waals surface area contributed by atoms with Crippen molar-refractivity contribution in [2.24, 2.45) is 5.92 Å². The van der Waals surface area contributed by atoms with Crippen LogP contribution in [-0.4, -0.2) is 54.4 Å². The van der Waals surface area contributed by atoms with Crippen LogP contribution in [0.5, 0.6) is 0 Å². The van der Waals surface area contributed by atoms with Gasteiger partial charge in [-0.25, -0.2) is 4.79 Å². The van der Waals surface area contributed by atoms with Crippen molar-refractivity contribution in [3.63, 3.8) is 0 Å². The number of aryl methyl sites for hydroxylation is 1. The Bertz CT molecular complexity index is 1110. The SMILES string of the molecule is CCCOC(=O)c1ccc(NC(=O)COC(=O)[C@@H]2CC(=O)N(NC(=O)c3ccccc3C)C2)cc1. The fraction of sp³-hybridized carbons (Fsp3) is 0.320. The normalized spacial score (nSPS) is 14.9. The van der Waals surface area contributed by atoms with Crippen LogP contribution in [0.2, 0.25) is 0 Å². The number of hydrogen-bond acceptors (Lipinski definition) is 7. The van der Waals surface area contributed by atoms with Crippen molar-refractivity contribution in [1.82, 2.24) is 10.4 Å². The van der Waals surface area contributed by atoms with Gasteiger partial charge in [-0.1, -0.05) is 25.1 Å². The average Bonchev–Trinajstić information content (AvgIpc) is 3.21. The topological polar surface area (TPSA) is 131 Å². The molecule has 0 unspecified atom stereocenters. The number of amides is 3. The third kappa shape index (κ3) is 6.89. The number of carbonyl (C=O) groups is 5. The minimum atomic E-state index is -0.805. The van der Waals surface area contributed by atoms with E-state index < -0.39 is 42.2 Å². The molecule has 35 heavy (non-hydrogen) atoms. The first-order chi connectivity index (χ1) is 16.8.